The number of unbranched alkanes of at least 4 members (excludes halogenated alkanes) is 1. The van der Waals surface area contributed by atoms with E-state index in [1.807, 2.05) is 12.1 Å². The highest BCUT2D eigenvalue weighted by atomic mass is 127. The third-order valence-corrected chi connectivity index (χ3v) is 5.84. The third kappa shape index (κ3) is 5.26. The molecule has 0 atom stereocenters. The molecule has 29 heavy (non-hydrogen) atoms. The minimum absolute atomic E-state index is 0.00569. The van der Waals surface area contributed by atoms with E-state index >= 15 is 0 Å². The summed E-state index contributed by atoms with van der Waals surface area (Å²) in [5, 5.41) is -0.102. The summed E-state index contributed by atoms with van der Waals surface area (Å²) in [6.07, 6.45) is 3.57. The van der Waals surface area contributed by atoms with E-state index in [0.29, 0.717) is 6.61 Å². The Morgan fingerprint density at radius 1 is 1.17 bits per heavy atom. The van der Waals surface area contributed by atoms with E-state index in [1.165, 1.54) is 0 Å². The van der Waals surface area contributed by atoms with Crippen molar-refractivity contribution in [3.8, 4) is 5.75 Å². The van der Waals surface area contributed by atoms with Gasteiger partial charge in [-0.1, -0.05) is 24.9 Å². The average Bonchev–Trinajstić information content (AvgIpc) is 3.01. The summed E-state index contributed by atoms with van der Waals surface area (Å²) in [6.45, 7) is 2.73. The maximum Gasteiger partial charge on any atom is 0.363 e. The SMILES string of the molecule is CCCCOc1c(I)cc(C=C2N=C(c3cc(F)c(F)cc3Cl)OC2=O)cc1I. The summed E-state index contributed by atoms with van der Waals surface area (Å²) in [6, 6.07) is 5.39. The van der Waals surface area contributed by atoms with Crippen molar-refractivity contribution in [2.24, 2.45) is 4.99 Å². The molecule has 152 valence electrons. The zero-order valence-corrected chi connectivity index (χ0v) is 20.1. The van der Waals surface area contributed by atoms with Crippen LogP contribution in [0.4, 0.5) is 8.78 Å². The first-order valence-electron chi connectivity index (χ1n) is 8.59. The second-order valence-electron chi connectivity index (χ2n) is 6.10. The molecule has 0 N–H and O–H groups in total. The van der Waals surface area contributed by atoms with E-state index in [2.05, 4.69) is 57.1 Å². The van der Waals surface area contributed by atoms with Gasteiger partial charge in [0.1, 0.15) is 5.75 Å². The zero-order valence-electron chi connectivity index (χ0n) is 15.1. The highest BCUT2D eigenvalue weighted by molar-refractivity contribution is 14.1. The Morgan fingerprint density at radius 2 is 1.83 bits per heavy atom. The number of aliphatic imine (C=N–C) groups is 1. The van der Waals surface area contributed by atoms with Crippen LogP contribution in [0.3, 0.4) is 0 Å². The number of carbonyl (C=O) groups excluding carboxylic acids is 1. The van der Waals surface area contributed by atoms with Gasteiger partial charge in [0, 0.05) is 0 Å². The lowest BCUT2D eigenvalue weighted by atomic mass is 10.2. The van der Waals surface area contributed by atoms with Gasteiger partial charge in [0.15, 0.2) is 17.3 Å². The molecule has 0 bridgehead atoms. The van der Waals surface area contributed by atoms with Gasteiger partial charge in [-0.05, 0) is 87.5 Å². The lowest BCUT2D eigenvalue weighted by molar-refractivity contribution is -0.129. The summed E-state index contributed by atoms with van der Waals surface area (Å²) in [4.78, 5) is 16.3. The number of rotatable bonds is 6. The van der Waals surface area contributed by atoms with Crippen LogP contribution in [-0.4, -0.2) is 18.5 Å². The molecule has 0 fully saturated rings. The molecule has 2 aromatic carbocycles. The monoisotopic (exact) mass is 643 g/mol. The Hall–Kier alpha value is -1.27. The van der Waals surface area contributed by atoms with E-state index in [1.54, 1.807) is 6.08 Å². The predicted molar refractivity (Wildman–Crippen MR) is 124 cm³/mol. The molecule has 0 saturated heterocycles. The molecule has 0 radical (unpaired) electrons. The quantitative estimate of drug-likeness (QED) is 0.121. The van der Waals surface area contributed by atoms with Crippen LogP contribution in [0.2, 0.25) is 5.02 Å². The molecule has 0 aliphatic carbocycles. The highest BCUT2D eigenvalue weighted by Gasteiger charge is 2.27. The molecule has 2 aromatic rings. The van der Waals surface area contributed by atoms with Crippen molar-refractivity contribution in [2.45, 2.75) is 19.8 Å². The molecule has 1 aliphatic heterocycles. The second-order valence-corrected chi connectivity index (χ2v) is 8.83. The molecular formula is C20H14ClF2I2NO3. The Labute approximate surface area is 198 Å². The van der Waals surface area contributed by atoms with E-state index in [9.17, 15) is 13.6 Å². The summed E-state index contributed by atoms with van der Waals surface area (Å²) in [7, 11) is 0. The van der Waals surface area contributed by atoms with E-state index in [0.717, 1.165) is 43.4 Å². The first-order valence-corrected chi connectivity index (χ1v) is 11.1. The summed E-state index contributed by atoms with van der Waals surface area (Å²) >= 11 is 10.3. The average molecular weight is 644 g/mol. The minimum Gasteiger partial charge on any atom is -0.491 e. The first-order chi connectivity index (χ1) is 13.8. The van der Waals surface area contributed by atoms with Crippen LogP contribution in [0.15, 0.2) is 35.0 Å². The predicted octanol–water partition coefficient (Wildman–Crippen LogP) is 6.35. The smallest absolute Gasteiger partial charge is 0.363 e. The molecule has 1 aliphatic rings. The Balaban J connectivity index is 1.91. The van der Waals surface area contributed by atoms with Gasteiger partial charge >= 0.3 is 5.97 Å². The van der Waals surface area contributed by atoms with Gasteiger partial charge in [0.25, 0.3) is 0 Å². The number of carbonyl (C=O) groups is 1. The zero-order chi connectivity index (χ0) is 21.1. The lowest BCUT2D eigenvalue weighted by Crippen LogP contribution is -2.07. The number of ether oxygens (including phenoxy) is 2. The van der Waals surface area contributed by atoms with Gasteiger partial charge in [0.2, 0.25) is 5.90 Å². The molecule has 3 rings (SSSR count). The molecule has 0 unspecified atom stereocenters. The number of benzene rings is 2. The van der Waals surface area contributed by atoms with Crippen LogP contribution < -0.4 is 4.74 Å². The van der Waals surface area contributed by atoms with Crippen molar-refractivity contribution >= 4 is 74.7 Å². The van der Waals surface area contributed by atoms with Crippen LogP contribution in [0.25, 0.3) is 6.08 Å². The highest BCUT2D eigenvalue weighted by Crippen LogP contribution is 2.31. The Kier molecular flexibility index (Phi) is 7.49. The fourth-order valence-electron chi connectivity index (χ4n) is 2.49. The molecule has 0 saturated carbocycles. The van der Waals surface area contributed by atoms with Crippen LogP contribution in [0.1, 0.15) is 30.9 Å². The van der Waals surface area contributed by atoms with Crippen molar-refractivity contribution in [3.05, 3.63) is 64.9 Å². The van der Waals surface area contributed by atoms with Gasteiger partial charge < -0.3 is 9.47 Å². The number of hydrogen-bond acceptors (Lipinski definition) is 4. The minimum atomic E-state index is -1.11. The molecule has 0 aromatic heterocycles. The summed E-state index contributed by atoms with van der Waals surface area (Å²) < 4.78 is 39.5. The fraction of sp³-hybridized carbons (Fsp3) is 0.200. The van der Waals surface area contributed by atoms with Crippen molar-refractivity contribution < 1.29 is 23.0 Å². The van der Waals surface area contributed by atoms with E-state index in [-0.39, 0.29) is 22.2 Å². The molecule has 9 heteroatoms. The Morgan fingerprint density at radius 3 is 2.48 bits per heavy atom. The van der Waals surface area contributed by atoms with Gasteiger partial charge in [-0.15, -0.1) is 0 Å². The normalized spacial score (nSPS) is 14.9. The number of esters is 1. The molecular weight excluding hydrogens is 629 g/mol. The number of nitrogens with zero attached hydrogens (tertiary/aromatic N) is 1. The van der Waals surface area contributed by atoms with E-state index < -0.39 is 17.6 Å². The fourth-order valence-corrected chi connectivity index (χ4v) is 4.85. The number of cyclic esters (lactones) is 1. The van der Waals surface area contributed by atoms with Gasteiger partial charge in [-0.3, -0.25) is 0 Å². The maximum atomic E-state index is 13.5. The molecule has 1 heterocycles. The standard InChI is InChI=1S/C20H14ClF2I2NO3/c1-2-3-4-28-18-15(24)5-10(6-16(18)25)7-17-20(27)29-19(26-17)11-8-13(22)14(23)9-12(11)21/h5-9H,2-4H2,1H3. The number of halogens is 5. The van der Waals surface area contributed by atoms with Crippen LogP contribution in [0.5, 0.6) is 5.75 Å². The lowest BCUT2D eigenvalue weighted by Gasteiger charge is -2.11. The first kappa shape index (κ1) is 22.4. The van der Waals surface area contributed by atoms with Crippen molar-refractivity contribution in [1.29, 1.82) is 0 Å². The molecule has 4 nitrogen and oxygen atoms in total. The second kappa shape index (κ2) is 9.69. The van der Waals surface area contributed by atoms with Crippen molar-refractivity contribution in [3.63, 3.8) is 0 Å². The van der Waals surface area contributed by atoms with Crippen LogP contribution >= 0.6 is 56.8 Å². The van der Waals surface area contributed by atoms with Crippen LogP contribution in [0, 0.1) is 18.8 Å². The van der Waals surface area contributed by atoms with Crippen molar-refractivity contribution in [2.75, 3.05) is 6.61 Å². The molecule has 0 spiro atoms. The maximum absolute atomic E-state index is 13.5. The Bertz CT molecular complexity index is 1020. The largest absolute Gasteiger partial charge is 0.491 e. The van der Waals surface area contributed by atoms with E-state index in [4.69, 9.17) is 21.1 Å². The summed E-state index contributed by atoms with van der Waals surface area (Å²) in [5.41, 5.74) is 0.771. The van der Waals surface area contributed by atoms with Crippen LogP contribution in [-0.2, 0) is 9.53 Å². The molecule has 0 amide bonds. The summed E-state index contributed by atoms with van der Waals surface area (Å²) in [5.74, 6) is -2.27. The third-order valence-electron chi connectivity index (χ3n) is 3.93. The topological polar surface area (TPSA) is 47.9 Å². The van der Waals surface area contributed by atoms with Crippen molar-refractivity contribution in [1.82, 2.24) is 0 Å². The van der Waals surface area contributed by atoms with Gasteiger partial charge in [-0.2, -0.15) is 0 Å². The number of hydrogen-bond donors (Lipinski definition) is 0. The van der Waals surface area contributed by atoms with Gasteiger partial charge in [0.05, 0.1) is 24.3 Å². The van der Waals surface area contributed by atoms with Gasteiger partial charge in [-0.25, -0.2) is 18.6 Å².